The third kappa shape index (κ3) is 5.77. The number of likely N-dealkylation sites (tertiary alicyclic amines) is 1. The lowest BCUT2D eigenvalue weighted by molar-refractivity contribution is -0.137. The van der Waals surface area contributed by atoms with Gasteiger partial charge in [-0.05, 0) is 49.2 Å². The molecule has 0 unspecified atom stereocenters. The third-order valence-electron chi connectivity index (χ3n) is 8.28. The zero-order valence-corrected chi connectivity index (χ0v) is 24.1. The highest BCUT2D eigenvalue weighted by Crippen LogP contribution is 2.35. The molecule has 0 atom stereocenters. The summed E-state index contributed by atoms with van der Waals surface area (Å²) in [5.41, 5.74) is 1.84. The maximum absolute atomic E-state index is 13.2. The normalized spacial score (nSPS) is 18.1. The van der Waals surface area contributed by atoms with Gasteiger partial charge in [-0.25, -0.2) is 4.98 Å². The average Bonchev–Trinajstić information content (AvgIpc) is 3.51. The Morgan fingerprint density at radius 1 is 0.929 bits per heavy atom. The molecule has 2 aromatic carbocycles. The van der Waals surface area contributed by atoms with E-state index in [1.807, 2.05) is 35.0 Å². The highest BCUT2D eigenvalue weighted by atomic mass is 32.1. The van der Waals surface area contributed by atoms with Gasteiger partial charge in [0.1, 0.15) is 18.1 Å². The maximum Gasteiger partial charge on any atom is 0.416 e. The number of piperidine rings is 1. The molecule has 0 radical (unpaired) electrons. The minimum atomic E-state index is -4.39. The molecule has 1 aromatic heterocycles. The van der Waals surface area contributed by atoms with Crippen molar-refractivity contribution in [2.75, 3.05) is 69.3 Å². The zero-order chi connectivity index (χ0) is 29.4. The fraction of sp³-hybridized carbons (Fsp3) is 0.433. The van der Waals surface area contributed by atoms with E-state index in [0.29, 0.717) is 62.8 Å². The Labute approximate surface area is 246 Å². The minimum absolute atomic E-state index is 0.00708. The molecule has 0 saturated carbocycles. The average molecular weight is 600 g/mol. The van der Waals surface area contributed by atoms with Crippen LogP contribution in [0.4, 0.5) is 24.5 Å². The van der Waals surface area contributed by atoms with E-state index in [4.69, 9.17) is 4.74 Å². The number of halogens is 3. The molecule has 0 aliphatic carbocycles. The number of benzene rings is 2. The molecule has 6 rings (SSSR count). The molecule has 2 fully saturated rings. The number of hydrogen-bond acceptors (Lipinski definition) is 7. The number of ether oxygens (including phenoxy) is 1. The van der Waals surface area contributed by atoms with Gasteiger partial charge in [-0.15, -0.1) is 11.3 Å². The second-order valence-electron chi connectivity index (χ2n) is 10.9. The van der Waals surface area contributed by atoms with E-state index in [0.717, 1.165) is 48.0 Å². The first kappa shape index (κ1) is 28.3. The molecule has 3 aliphatic rings. The zero-order valence-electron chi connectivity index (χ0n) is 23.3. The smallest absolute Gasteiger partial charge is 0.416 e. The standard InChI is InChI=1S/C30H32F3N5O3S/c1-35-15-16-41-26-17-21(5-6-25(26)35)28(39)37-9-7-20(8-10-37)27-34-24(19-42-27)29(40)38-13-11-36(12-14-38)23-4-2-3-22(18-23)30(31,32)33/h2-6,17-20H,7-16H2,1H3. The van der Waals surface area contributed by atoms with Gasteiger partial charge in [-0.3, -0.25) is 9.59 Å². The Bertz CT molecular complexity index is 1460. The number of piperazine rings is 1. The number of carbonyl (C=O) groups is 2. The van der Waals surface area contributed by atoms with E-state index < -0.39 is 11.7 Å². The molecular formula is C30H32F3N5O3S. The van der Waals surface area contributed by atoms with Crippen LogP contribution < -0.4 is 14.5 Å². The Morgan fingerprint density at radius 3 is 2.40 bits per heavy atom. The number of nitrogens with zero attached hydrogens (tertiary/aromatic N) is 5. The van der Waals surface area contributed by atoms with E-state index >= 15 is 0 Å². The molecule has 2 amide bonds. The number of carbonyl (C=O) groups excluding carboxylic acids is 2. The Kier molecular flexibility index (Phi) is 7.73. The van der Waals surface area contributed by atoms with Gasteiger partial charge in [0.15, 0.2) is 0 Å². The highest BCUT2D eigenvalue weighted by Gasteiger charge is 2.32. The van der Waals surface area contributed by atoms with Gasteiger partial charge in [0, 0.05) is 68.9 Å². The lowest BCUT2D eigenvalue weighted by atomic mass is 9.97. The second kappa shape index (κ2) is 11.5. The van der Waals surface area contributed by atoms with Crippen LogP contribution in [-0.4, -0.2) is 86.1 Å². The van der Waals surface area contributed by atoms with E-state index in [-0.39, 0.29) is 17.7 Å². The van der Waals surface area contributed by atoms with Crippen molar-refractivity contribution < 1.29 is 27.5 Å². The van der Waals surface area contributed by atoms with Crippen molar-refractivity contribution in [3.63, 3.8) is 0 Å². The summed E-state index contributed by atoms with van der Waals surface area (Å²) >= 11 is 1.47. The molecule has 0 bridgehead atoms. The summed E-state index contributed by atoms with van der Waals surface area (Å²) in [4.78, 5) is 38.6. The second-order valence-corrected chi connectivity index (χ2v) is 11.8. The van der Waals surface area contributed by atoms with E-state index in [1.165, 1.54) is 17.4 Å². The summed E-state index contributed by atoms with van der Waals surface area (Å²) in [5.74, 6) is 0.752. The quantitative estimate of drug-likeness (QED) is 0.422. The van der Waals surface area contributed by atoms with E-state index in [2.05, 4.69) is 9.88 Å². The number of fused-ring (bicyclic) bond motifs is 1. The van der Waals surface area contributed by atoms with Gasteiger partial charge in [0.25, 0.3) is 11.8 Å². The van der Waals surface area contributed by atoms with Crippen LogP contribution in [-0.2, 0) is 6.18 Å². The van der Waals surface area contributed by atoms with Crippen molar-refractivity contribution in [1.29, 1.82) is 0 Å². The predicted molar refractivity (Wildman–Crippen MR) is 155 cm³/mol. The number of aromatic nitrogens is 1. The van der Waals surface area contributed by atoms with E-state index in [9.17, 15) is 22.8 Å². The molecule has 8 nitrogen and oxygen atoms in total. The van der Waals surface area contributed by atoms with Crippen LogP contribution in [0.15, 0.2) is 47.8 Å². The maximum atomic E-state index is 13.2. The molecular weight excluding hydrogens is 567 g/mol. The van der Waals surface area contributed by atoms with Crippen molar-refractivity contribution in [2.45, 2.75) is 24.9 Å². The molecule has 42 heavy (non-hydrogen) atoms. The lowest BCUT2D eigenvalue weighted by Crippen LogP contribution is -2.49. The summed E-state index contributed by atoms with van der Waals surface area (Å²) in [5, 5.41) is 2.69. The fourth-order valence-electron chi connectivity index (χ4n) is 5.79. The van der Waals surface area contributed by atoms with Crippen molar-refractivity contribution in [1.82, 2.24) is 14.8 Å². The SMILES string of the molecule is CN1CCOc2cc(C(=O)N3CCC(c4nc(C(=O)N5CCN(c6cccc(C(F)(F)F)c6)CC5)cs4)CC3)ccc21. The first-order valence-electron chi connectivity index (χ1n) is 14.1. The molecule has 3 aromatic rings. The Hall–Kier alpha value is -3.80. The van der Waals surface area contributed by atoms with Crippen LogP contribution in [0.25, 0.3) is 0 Å². The summed E-state index contributed by atoms with van der Waals surface area (Å²) < 4.78 is 45.1. The topological polar surface area (TPSA) is 69.2 Å². The summed E-state index contributed by atoms with van der Waals surface area (Å²) in [6, 6.07) is 10.9. The predicted octanol–water partition coefficient (Wildman–Crippen LogP) is 4.97. The molecule has 3 aliphatic heterocycles. The molecule has 0 spiro atoms. The van der Waals surface area contributed by atoms with Crippen LogP contribution in [0.3, 0.4) is 0 Å². The number of hydrogen-bond donors (Lipinski definition) is 0. The fourth-order valence-corrected chi connectivity index (χ4v) is 6.75. The van der Waals surface area contributed by atoms with Gasteiger partial charge in [-0.2, -0.15) is 13.2 Å². The van der Waals surface area contributed by atoms with Crippen molar-refractivity contribution in [2.24, 2.45) is 0 Å². The largest absolute Gasteiger partial charge is 0.490 e. The molecule has 0 N–H and O–H groups in total. The molecule has 4 heterocycles. The number of anilines is 2. The Balaban J connectivity index is 1.02. The number of likely N-dealkylation sites (N-methyl/N-ethyl adjacent to an activating group) is 1. The lowest BCUT2D eigenvalue weighted by Gasteiger charge is -2.36. The van der Waals surface area contributed by atoms with Crippen LogP contribution >= 0.6 is 11.3 Å². The number of thiazole rings is 1. The molecule has 2 saturated heterocycles. The van der Waals surface area contributed by atoms with Gasteiger partial charge in [0.2, 0.25) is 0 Å². The van der Waals surface area contributed by atoms with Crippen LogP contribution in [0.5, 0.6) is 5.75 Å². The number of amides is 2. The van der Waals surface area contributed by atoms with Crippen LogP contribution in [0, 0.1) is 0 Å². The summed E-state index contributed by atoms with van der Waals surface area (Å²) in [6.07, 6.45) is -2.85. The summed E-state index contributed by atoms with van der Waals surface area (Å²) in [6.45, 7) is 4.36. The van der Waals surface area contributed by atoms with E-state index in [1.54, 1.807) is 16.3 Å². The van der Waals surface area contributed by atoms with Gasteiger partial charge in [0.05, 0.1) is 22.8 Å². The summed E-state index contributed by atoms with van der Waals surface area (Å²) in [7, 11) is 2.01. The monoisotopic (exact) mass is 599 g/mol. The Morgan fingerprint density at radius 2 is 1.67 bits per heavy atom. The minimum Gasteiger partial charge on any atom is -0.490 e. The van der Waals surface area contributed by atoms with Crippen molar-refractivity contribution in [3.8, 4) is 5.75 Å². The first-order chi connectivity index (χ1) is 20.2. The number of alkyl halides is 3. The van der Waals surface area contributed by atoms with Crippen LogP contribution in [0.2, 0.25) is 0 Å². The highest BCUT2D eigenvalue weighted by molar-refractivity contribution is 7.09. The first-order valence-corrected chi connectivity index (χ1v) is 15.0. The third-order valence-corrected chi connectivity index (χ3v) is 9.29. The van der Waals surface area contributed by atoms with Gasteiger partial charge in [-0.1, -0.05) is 6.07 Å². The van der Waals surface area contributed by atoms with Crippen LogP contribution in [0.1, 0.15) is 50.2 Å². The molecule has 12 heteroatoms. The van der Waals surface area contributed by atoms with Crippen molar-refractivity contribution in [3.05, 3.63) is 69.7 Å². The van der Waals surface area contributed by atoms with Crippen molar-refractivity contribution >= 4 is 34.5 Å². The van der Waals surface area contributed by atoms with Gasteiger partial charge >= 0.3 is 6.18 Å². The number of rotatable bonds is 4. The molecule has 222 valence electrons. The van der Waals surface area contributed by atoms with Gasteiger partial charge < -0.3 is 24.3 Å².